The fourth-order valence-electron chi connectivity index (χ4n) is 2.43. The molecule has 1 amide bonds. The highest BCUT2D eigenvalue weighted by Gasteiger charge is 2.18. The van der Waals surface area contributed by atoms with Crippen LogP contribution in [0, 0.1) is 6.92 Å². The summed E-state index contributed by atoms with van der Waals surface area (Å²) in [6.45, 7) is 8.05. The molecule has 2 atom stereocenters. The lowest BCUT2D eigenvalue weighted by Crippen LogP contribution is -2.39. The van der Waals surface area contributed by atoms with Gasteiger partial charge in [-0.3, -0.25) is 10.1 Å². The number of benzene rings is 1. The minimum atomic E-state index is -0.412. The van der Waals surface area contributed by atoms with Gasteiger partial charge in [0.2, 0.25) is 5.91 Å². The number of carbonyl (C=O) groups excluding carboxylic acids is 1. The Morgan fingerprint density at radius 1 is 1.28 bits per heavy atom. The molecule has 2 aromatic rings. The molecule has 25 heavy (non-hydrogen) atoms. The Morgan fingerprint density at radius 2 is 2.04 bits per heavy atom. The van der Waals surface area contributed by atoms with Crippen LogP contribution in [0.4, 0.5) is 5.82 Å². The molecule has 0 spiro atoms. The van der Waals surface area contributed by atoms with Crippen LogP contribution >= 0.6 is 0 Å². The number of aromatic nitrogens is 1. The van der Waals surface area contributed by atoms with Gasteiger partial charge in [-0.1, -0.05) is 11.2 Å². The lowest BCUT2D eigenvalue weighted by Gasteiger charge is -2.20. The predicted molar refractivity (Wildman–Crippen MR) is 95.0 cm³/mol. The topological polar surface area (TPSA) is 85.6 Å². The molecule has 0 aliphatic carbocycles. The van der Waals surface area contributed by atoms with Crippen molar-refractivity contribution in [3.05, 3.63) is 35.6 Å². The van der Waals surface area contributed by atoms with Gasteiger partial charge in [-0.25, -0.2) is 0 Å². The monoisotopic (exact) mass is 347 g/mol. The van der Waals surface area contributed by atoms with E-state index in [-0.39, 0.29) is 11.9 Å². The van der Waals surface area contributed by atoms with Crippen LogP contribution in [0.2, 0.25) is 0 Å². The zero-order chi connectivity index (χ0) is 18.4. The summed E-state index contributed by atoms with van der Waals surface area (Å²) in [4.78, 5) is 12.3. The molecule has 2 N–H and O–H groups in total. The van der Waals surface area contributed by atoms with E-state index in [1.807, 2.05) is 32.0 Å². The summed E-state index contributed by atoms with van der Waals surface area (Å²) in [6.07, 6.45) is 0. The average Bonchev–Trinajstić information content (AvgIpc) is 3.00. The van der Waals surface area contributed by atoms with E-state index in [1.54, 1.807) is 27.0 Å². The number of rotatable bonds is 8. The van der Waals surface area contributed by atoms with Gasteiger partial charge in [0.15, 0.2) is 17.3 Å². The smallest absolute Gasteiger partial charge is 0.242 e. The van der Waals surface area contributed by atoms with Gasteiger partial charge < -0.3 is 19.3 Å². The maximum absolute atomic E-state index is 12.3. The zero-order valence-electron chi connectivity index (χ0n) is 15.3. The van der Waals surface area contributed by atoms with Crippen molar-refractivity contribution in [1.29, 1.82) is 0 Å². The fraction of sp³-hybridized carbons (Fsp3) is 0.444. The van der Waals surface area contributed by atoms with E-state index < -0.39 is 6.04 Å². The Hall–Kier alpha value is -2.54. The largest absolute Gasteiger partial charge is 0.493 e. The van der Waals surface area contributed by atoms with E-state index in [1.165, 1.54) is 0 Å². The van der Waals surface area contributed by atoms with Gasteiger partial charge in [0.1, 0.15) is 5.76 Å². The van der Waals surface area contributed by atoms with Crippen LogP contribution in [-0.4, -0.2) is 30.8 Å². The molecule has 0 aliphatic rings. The normalized spacial score (nSPS) is 13.2. The van der Waals surface area contributed by atoms with Crippen molar-refractivity contribution in [2.24, 2.45) is 0 Å². The number of aryl methyl sites for hydroxylation is 1. The van der Waals surface area contributed by atoms with E-state index in [0.29, 0.717) is 29.7 Å². The quantitative estimate of drug-likeness (QED) is 0.763. The second-order valence-corrected chi connectivity index (χ2v) is 5.77. The van der Waals surface area contributed by atoms with E-state index >= 15 is 0 Å². The summed E-state index contributed by atoms with van der Waals surface area (Å²) in [5.74, 6) is 2.24. The van der Waals surface area contributed by atoms with Crippen molar-refractivity contribution in [2.75, 3.05) is 19.0 Å². The van der Waals surface area contributed by atoms with E-state index in [2.05, 4.69) is 15.8 Å². The molecule has 2 unspecified atom stereocenters. The molecule has 7 nitrogen and oxygen atoms in total. The van der Waals surface area contributed by atoms with Crippen LogP contribution in [0.25, 0.3) is 0 Å². The summed E-state index contributed by atoms with van der Waals surface area (Å²) in [6, 6.07) is 6.95. The SMILES string of the molecule is CCOc1ccc(C(C)NC(C)C(=O)Nc2cc(C)on2)cc1OC. The summed E-state index contributed by atoms with van der Waals surface area (Å²) >= 11 is 0. The molecule has 0 aliphatic heterocycles. The third-order valence-electron chi connectivity index (χ3n) is 3.76. The highest BCUT2D eigenvalue weighted by Crippen LogP contribution is 2.30. The first kappa shape index (κ1) is 18.8. The summed E-state index contributed by atoms with van der Waals surface area (Å²) < 4.78 is 15.8. The molecule has 0 radical (unpaired) electrons. The minimum Gasteiger partial charge on any atom is -0.493 e. The van der Waals surface area contributed by atoms with Gasteiger partial charge in [-0.05, 0) is 45.4 Å². The second kappa shape index (κ2) is 8.53. The van der Waals surface area contributed by atoms with Crippen molar-refractivity contribution >= 4 is 11.7 Å². The van der Waals surface area contributed by atoms with Gasteiger partial charge in [-0.15, -0.1) is 0 Å². The number of hydrogen-bond donors (Lipinski definition) is 2. The van der Waals surface area contributed by atoms with Gasteiger partial charge in [0, 0.05) is 12.1 Å². The van der Waals surface area contributed by atoms with E-state index in [9.17, 15) is 4.79 Å². The first-order valence-electron chi connectivity index (χ1n) is 8.25. The summed E-state index contributed by atoms with van der Waals surface area (Å²) in [5, 5.41) is 9.74. The lowest BCUT2D eigenvalue weighted by atomic mass is 10.1. The molecule has 1 aromatic carbocycles. The maximum Gasteiger partial charge on any atom is 0.242 e. The molecule has 0 bridgehead atoms. The van der Waals surface area contributed by atoms with Crippen molar-refractivity contribution in [2.45, 2.75) is 39.8 Å². The second-order valence-electron chi connectivity index (χ2n) is 5.77. The van der Waals surface area contributed by atoms with Crippen molar-refractivity contribution in [1.82, 2.24) is 10.5 Å². The van der Waals surface area contributed by atoms with Crippen LogP contribution in [0.15, 0.2) is 28.8 Å². The van der Waals surface area contributed by atoms with Crippen LogP contribution < -0.4 is 20.1 Å². The van der Waals surface area contributed by atoms with Gasteiger partial charge in [0.25, 0.3) is 0 Å². The third-order valence-corrected chi connectivity index (χ3v) is 3.76. The number of methoxy groups -OCH3 is 1. The number of hydrogen-bond acceptors (Lipinski definition) is 6. The number of nitrogens with zero attached hydrogens (tertiary/aromatic N) is 1. The number of carbonyl (C=O) groups is 1. The Bertz CT molecular complexity index is 714. The molecule has 1 aromatic heterocycles. The van der Waals surface area contributed by atoms with Crippen molar-refractivity contribution in [3.63, 3.8) is 0 Å². The predicted octanol–water partition coefficient (Wildman–Crippen LogP) is 3.07. The summed E-state index contributed by atoms with van der Waals surface area (Å²) in [5.41, 5.74) is 0.997. The van der Waals surface area contributed by atoms with E-state index in [4.69, 9.17) is 14.0 Å². The molecule has 1 heterocycles. The van der Waals surface area contributed by atoms with Crippen LogP contribution in [-0.2, 0) is 4.79 Å². The lowest BCUT2D eigenvalue weighted by molar-refractivity contribution is -0.118. The first-order valence-corrected chi connectivity index (χ1v) is 8.25. The summed E-state index contributed by atoms with van der Waals surface area (Å²) in [7, 11) is 1.61. The maximum atomic E-state index is 12.3. The molecule has 136 valence electrons. The first-order chi connectivity index (χ1) is 11.9. The van der Waals surface area contributed by atoms with Crippen molar-refractivity contribution in [3.8, 4) is 11.5 Å². The van der Waals surface area contributed by atoms with Crippen LogP contribution in [0.5, 0.6) is 11.5 Å². The van der Waals surface area contributed by atoms with Gasteiger partial charge in [0.05, 0.1) is 19.8 Å². The Balaban J connectivity index is 2.00. The Labute approximate surface area is 147 Å². The Morgan fingerprint density at radius 3 is 2.64 bits per heavy atom. The van der Waals surface area contributed by atoms with Gasteiger partial charge in [-0.2, -0.15) is 0 Å². The molecule has 0 saturated carbocycles. The van der Waals surface area contributed by atoms with Crippen molar-refractivity contribution < 1.29 is 18.8 Å². The molecular weight excluding hydrogens is 322 g/mol. The Kier molecular flexibility index (Phi) is 6.41. The number of nitrogens with one attached hydrogen (secondary N) is 2. The van der Waals surface area contributed by atoms with Crippen LogP contribution in [0.1, 0.15) is 38.1 Å². The van der Waals surface area contributed by atoms with Gasteiger partial charge >= 0.3 is 0 Å². The molecule has 2 rings (SSSR count). The molecule has 0 saturated heterocycles. The molecule has 7 heteroatoms. The third kappa shape index (κ3) is 4.96. The number of amides is 1. The molecule has 0 fully saturated rings. The fourth-order valence-corrected chi connectivity index (χ4v) is 2.43. The number of ether oxygens (including phenoxy) is 2. The zero-order valence-corrected chi connectivity index (χ0v) is 15.3. The molecular formula is C18H25N3O4. The highest BCUT2D eigenvalue weighted by molar-refractivity contribution is 5.93. The number of anilines is 1. The minimum absolute atomic E-state index is 0.0515. The standard InChI is InChI=1S/C18H25N3O4/c1-6-24-15-8-7-14(10-16(15)23-5)12(3)19-13(4)18(22)20-17-9-11(2)25-21-17/h7-10,12-13,19H,6H2,1-5H3,(H,20,21,22). The van der Waals surface area contributed by atoms with E-state index in [0.717, 1.165) is 5.56 Å². The average molecular weight is 347 g/mol. The van der Waals surface area contributed by atoms with Crippen LogP contribution in [0.3, 0.4) is 0 Å². The highest BCUT2D eigenvalue weighted by atomic mass is 16.5.